The van der Waals surface area contributed by atoms with Crippen LogP contribution in [-0.2, 0) is 12.0 Å². The normalized spacial score (nSPS) is 14.6. The van der Waals surface area contributed by atoms with Crippen LogP contribution < -0.4 is 5.73 Å². The summed E-state index contributed by atoms with van der Waals surface area (Å²) >= 11 is 11.3. The first-order chi connectivity index (χ1) is 9.45. The maximum Gasteiger partial charge on any atom is 0.193 e. The van der Waals surface area contributed by atoms with Gasteiger partial charge in [-0.15, -0.1) is 11.3 Å². The summed E-state index contributed by atoms with van der Waals surface area (Å²) in [6.45, 7) is 1.98. The van der Waals surface area contributed by atoms with E-state index in [1.807, 2.05) is 47.3 Å². The van der Waals surface area contributed by atoms with Crippen LogP contribution in [0.25, 0.3) is 4.96 Å². The molecule has 0 amide bonds. The standard InChI is InChI=1S/C14H13BrClN3S/c1-14(17,11-3-2-9(15)6-12(11)16)7-10-8-19-4-5-20-13(19)18-10/h2-6,8H,7,17H2,1H3. The van der Waals surface area contributed by atoms with E-state index >= 15 is 0 Å². The topological polar surface area (TPSA) is 43.3 Å². The van der Waals surface area contributed by atoms with Crippen molar-refractivity contribution in [3.8, 4) is 0 Å². The van der Waals surface area contributed by atoms with E-state index in [2.05, 4.69) is 20.9 Å². The summed E-state index contributed by atoms with van der Waals surface area (Å²) in [6, 6.07) is 5.79. The van der Waals surface area contributed by atoms with Gasteiger partial charge in [0.2, 0.25) is 0 Å². The molecule has 1 unspecified atom stereocenters. The van der Waals surface area contributed by atoms with Crippen molar-refractivity contribution in [2.45, 2.75) is 18.9 Å². The smallest absolute Gasteiger partial charge is 0.193 e. The molecular formula is C14H13BrClN3S. The van der Waals surface area contributed by atoms with Crippen LogP contribution in [0, 0.1) is 0 Å². The van der Waals surface area contributed by atoms with Gasteiger partial charge in [0.15, 0.2) is 4.96 Å². The number of rotatable bonds is 3. The SMILES string of the molecule is CC(N)(Cc1cn2ccsc2n1)c1ccc(Br)cc1Cl. The highest BCUT2D eigenvalue weighted by atomic mass is 79.9. The number of imidazole rings is 1. The van der Waals surface area contributed by atoms with Crippen LogP contribution in [-0.4, -0.2) is 9.38 Å². The van der Waals surface area contributed by atoms with Gasteiger partial charge in [-0.25, -0.2) is 4.98 Å². The second-order valence-electron chi connectivity index (χ2n) is 5.04. The average Bonchev–Trinajstić information content (AvgIpc) is 2.87. The lowest BCUT2D eigenvalue weighted by Gasteiger charge is -2.25. The van der Waals surface area contributed by atoms with Crippen LogP contribution in [0.1, 0.15) is 18.2 Å². The highest BCUT2D eigenvalue weighted by molar-refractivity contribution is 9.10. The Bertz CT molecular complexity index is 734. The Morgan fingerprint density at radius 2 is 2.30 bits per heavy atom. The Labute approximate surface area is 134 Å². The van der Waals surface area contributed by atoms with Crippen molar-refractivity contribution in [1.29, 1.82) is 0 Å². The number of halogens is 2. The first-order valence-electron chi connectivity index (χ1n) is 6.11. The molecule has 0 saturated carbocycles. The summed E-state index contributed by atoms with van der Waals surface area (Å²) in [5, 5.41) is 2.68. The molecule has 1 atom stereocenters. The molecule has 6 heteroatoms. The molecule has 0 aliphatic heterocycles. The number of fused-ring (bicyclic) bond motifs is 1. The van der Waals surface area contributed by atoms with Gasteiger partial charge >= 0.3 is 0 Å². The lowest BCUT2D eigenvalue weighted by atomic mass is 9.88. The Morgan fingerprint density at radius 3 is 3.00 bits per heavy atom. The number of thiazole rings is 1. The van der Waals surface area contributed by atoms with E-state index in [9.17, 15) is 0 Å². The molecule has 0 aliphatic rings. The summed E-state index contributed by atoms with van der Waals surface area (Å²) < 4.78 is 2.96. The summed E-state index contributed by atoms with van der Waals surface area (Å²) in [5.41, 5.74) is 7.81. The van der Waals surface area contributed by atoms with E-state index in [1.165, 1.54) is 0 Å². The van der Waals surface area contributed by atoms with Crippen LogP contribution in [0.3, 0.4) is 0 Å². The Hall–Kier alpha value is -0.880. The minimum Gasteiger partial charge on any atom is -0.321 e. The lowest BCUT2D eigenvalue weighted by Crippen LogP contribution is -2.36. The number of hydrogen-bond donors (Lipinski definition) is 1. The van der Waals surface area contributed by atoms with Crippen molar-refractivity contribution < 1.29 is 0 Å². The quantitative estimate of drug-likeness (QED) is 0.750. The van der Waals surface area contributed by atoms with Crippen molar-refractivity contribution in [2.75, 3.05) is 0 Å². The molecular weight excluding hydrogens is 358 g/mol. The van der Waals surface area contributed by atoms with E-state index in [-0.39, 0.29) is 0 Å². The third-order valence-electron chi connectivity index (χ3n) is 3.24. The first-order valence-corrected chi connectivity index (χ1v) is 8.16. The van der Waals surface area contributed by atoms with Gasteiger partial charge in [0, 0.05) is 39.2 Å². The van der Waals surface area contributed by atoms with E-state index in [4.69, 9.17) is 17.3 Å². The summed E-state index contributed by atoms with van der Waals surface area (Å²) in [7, 11) is 0. The first kappa shape index (κ1) is 14.1. The van der Waals surface area contributed by atoms with Crippen LogP contribution in [0.15, 0.2) is 40.4 Å². The van der Waals surface area contributed by atoms with Crippen LogP contribution in [0.2, 0.25) is 5.02 Å². The van der Waals surface area contributed by atoms with Gasteiger partial charge in [0.25, 0.3) is 0 Å². The number of aromatic nitrogens is 2. The lowest BCUT2D eigenvalue weighted by molar-refractivity contribution is 0.486. The van der Waals surface area contributed by atoms with Gasteiger partial charge in [0.05, 0.1) is 5.69 Å². The van der Waals surface area contributed by atoms with Crippen molar-refractivity contribution >= 4 is 43.8 Å². The summed E-state index contributed by atoms with van der Waals surface area (Å²) in [4.78, 5) is 5.56. The molecule has 2 N–H and O–H groups in total. The molecule has 3 rings (SSSR count). The minimum absolute atomic E-state index is 0.554. The maximum absolute atomic E-state index is 6.47. The molecule has 3 nitrogen and oxygen atoms in total. The number of hydrogen-bond acceptors (Lipinski definition) is 3. The minimum atomic E-state index is -0.554. The second kappa shape index (κ2) is 5.15. The monoisotopic (exact) mass is 369 g/mol. The molecule has 0 radical (unpaired) electrons. The fourth-order valence-corrected chi connectivity index (χ4v) is 3.89. The zero-order valence-electron chi connectivity index (χ0n) is 10.8. The molecule has 2 heterocycles. The predicted molar refractivity (Wildman–Crippen MR) is 87.5 cm³/mol. The zero-order valence-corrected chi connectivity index (χ0v) is 14.0. The van der Waals surface area contributed by atoms with Gasteiger partial charge < -0.3 is 5.73 Å². The van der Waals surface area contributed by atoms with Crippen LogP contribution in [0.5, 0.6) is 0 Å². The molecule has 20 heavy (non-hydrogen) atoms. The Morgan fingerprint density at radius 1 is 1.50 bits per heavy atom. The van der Waals surface area contributed by atoms with Crippen molar-refractivity contribution in [1.82, 2.24) is 9.38 Å². The Kier molecular flexibility index (Phi) is 3.62. The third-order valence-corrected chi connectivity index (χ3v) is 4.81. The highest BCUT2D eigenvalue weighted by Crippen LogP contribution is 2.31. The maximum atomic E-state index is 6.47. The molecule has 3 aromatic rings. The molecule has 1 aromatic carbocycles. The fraction of sp³-hybridized carbons (Fsp3) is 0.214. The molecule has 0 spiro atoms. The highest BCUT2D eigenvalue weighted by Gasteiger charge is 2.25. The van der Waals surface area contributed by atoms with Gasteiger partial charge in [-0.1, -0.05) is 33.6 Å². The van der Waals surface area contributed by atoms with Crippen molar-refractivity contribution in [3.63, 3.8) is 0 Å². The number of nitrogens with two attached hydrogens (primary N) is 1. The molecule has 104 valence electrons. The van der Waals surface area contributed by atoms with Gasteiger partial charge in [-0.05, 0) is 24.6 Å². The van der Waals surface area contributed by atoms with Crippen molar-refractivity contribution in [3.05, 3.63) is 56.7 Å². The Balaban J connectivity index is 1.93. The van der Waals surface area contributed by atoms with E-state index < -0.39 is 5.54 Å². The van der Waals surface area contributed by atoms with Gasteiger partial charge in [-0.2, -0.15) is 0 Å². The summed E-state index contributed by atoms with van der Waals surface area (Å²) in [6.07, 6.45) is 4.66. The zero-order chi connectivity index (χ0) is 14.3. The van der Waals surface area contributed by atoms with Crippen LogP contribution in [0.4, 0.5) is 0 Å². The third kappa shape index (κ3) is 2.63. The predicted octanol–water partition coefficient (Wildman–Crippen LogP) is 4.23. The van der Waals surface area contributed by atoms with Gasteiger partial charge in [-0.3, -0.25) is 4.40 Å². The average molecular weight is 371 g/mol. The molecule has 0 bridgehead atoms. The number of nitrogens with zero attached hydrogens (tertiary/aromatic N) is 2. The molecule has 0 aliphatic carbocycles. The second-order valence-corrected chi connectivity index (χ2v) is 7.24. The van der Waals surface area contributed by atoms with Gasteiger partial charge in [0.1, 0.15) is 0 Å². The van der Waals surface area contributed by atoms with Crippen LogP contribution >= 0.6 is 38.9 Å². The summed E-state index contributed by atoms with van der Waals surface area (Å²) in [5.74, 6) is 0. The van der Waals surface area contributed by atoms with Crippen molar-refractivity contribution in [2.24, 2.45) is 5.73 Å². The molecule has 0 saturated heterocycles. The molecule has 0 fully saturated rings. The fourth-order valence-electron chi connectivity index (χ4n) is 2.29. The van der Waals surface area contributed by atoms with E-state index in [1.54, 1.807) is 11.3 Å². The number of benzene rings is 1. The van der Waals surface area contributed by atoms with E-state index in [0.29, 0.717) is 11.4 Å². The van der Waals surface area contributed by atoms with E-state index in [0.717, 1.165) is 20.7 Å². The largest absolute Gasteiger partial charge is 0.321 e. The molecule has 2 aromatic heterocycles.